The predicted octanol–water partition coefficient (Wildman–Crippen LogP) is 23.8. The standard InChI is InChI=1S/4C20H16.4C2H6/c1-3-7-16-14(6-1)12-19-18(16)10-9-15-11-13-5-2-4-8-17(13)20(15)19;1-3-7-17-13(5-1)9-15-11-20-16(12-19(15)17)10-14-6-2-4-8-18(14)20;1-3-7-17-13(5-1)9-15-11-16-10-14-6-2-4-8-18(14)20(16)12-19(15)17;1-3-7-17-13(5-1)11-15-9-10-16-12-14-6-2-4-8-18(14)20(16)19(15)17;4*1-2/h1-3,5-7,9-10H,4,8,11-12H2;2*1-3,5-7,11-12H,4,8-10H2;1-3,5-7,9-10H,4,8,11-12H2;4*1-2H3. The highest BCUT2D eigenvalue weighted by molar-refractivity contribution is 5.95. The second-order valence-corrected chi connectivity index (χ2v) is 24.4. The van der Waals surface area contributed by atoms with Crippen molar-refractivity contribution < 1.29 is 0 Å². The molecule has 0 fully saturated rings. The van der Waals surface area contributed by atoms with Gasteiger partial charge in [-0.25, -0.2) is 0 Å². The first-order valence-corrected chi connectivity index (χ1v) is 34.1. The van der Waals surface area contributed by atoms with Crippen molar-refractivity contribution in [3.8, 4) is 44.5 Å². The molecule has 0 saturated heterocycles. The molecule has 0 nitrogen and oxygen atoms in total. The highest BCUT2D eigenvalue weighted by Gasteiger charge is 2.33. The first-order chi connectivity index (χ1) is 43.6. The van der Waals surface area contributed by atoms with E-state index < -0.39 is 0 Å². The summed E-state index contributed by atoms with van der Waals surface area (Å²) in [5.74, 6) is 0. The molecule has 0 unspecified atom stereocenters. The van der Waals surface area contributed by atoms with Gasteiger partial charge < -0.3 is 0 Å². The summed E-state index contributed by atoms with van der Waals surface area (Å²) in [6, 6.07) is 54.9. The third-order valence-corrected chi connectivity index (χ3v) is 20.0. The molecule has 0 radical (unpaired) electrons. The zero-order valence-electron chi connectivity index (χ0n) is 53.8. The average Bonchev–Trinajstić information content (AvgIpc) is 1.97. The van der Waals surface area contributed by atoms with E-state index in [0.29, 0.717) is 0 Å². The van der Waals surface area contributed by atoms with Crippen LogP contribution in [0, 0.1) is 0 Å². The Morgan fingerprint density at radius 1 is 0.216 bits per heavy atom. The summed E-state index contributed by atoms with van der Waals surface area (Å²) in [7, 11) is 0. The maximum atomic E-state index is 2.48. The van der Waals surface area contributed by atoms with Crippen LogP contribution >= 0.6 is 0 Å². The van der Waals surface area contributed by atoms with Crippen molar-refractivity contribution in [1.29, 1.82) is 0 Å². The van der Waals surface area contributed by atoms with Gasteiger partial charge in [0.1, 0.15) is 0 Å². The van der Waals surface area contributed by atoms with Gasteiger partial charge in [0, 0.05) is 0 Å². The zero-order valence-corrected chi connectivity index (χ0v) is 53.8. The fraction of sp³-hybridized carbons (Fsp3) is 0.273. The Morgan fingerprint density at radius 3 is 1.11 bits per heavy atom. The first-order valence-electron chi connectivity index (χ1n) is 34.1. The molecule has 0 N–H and O–H groups in total. The molecule has 0 saturated carbocycles. The maximum Gasteiger partial charge on any atom is -0.000730 e. The van der Waals surface area contributed by atoms with Crippen molar-refractivity contribution >= 4 is 22.3 Å². The van der Waals surface area contributed by atoms with Crippen LogP contribution in [-0.2, 0) is 51.4 Å². The number of allylic oxidation sites excluding steroid dienone is 16. The van der Waals surface area contributed by atoms with E-state index in [-0.39, 0.29) is 0 Å². The zero-order chi connectivity index (χ0) is 60.4. The number of hydrogen-bond donors (Lipinski definition) is 0. The molecule has 0 spiro atoms. The van der Waals surface area contributed by atoms with Gasteiger partial charge in [-0.2, -0.15) is 0 Å². The summed E-state index contributed by atoms with van der Waals surface area (Å²) in [4.78, 5) is 0. The topological polar surface area (TPSA) is 0 Å². The molecule has 0 heterocycles. The van der Waals surface area contributed by atoms with Gasteiger partial charge in [0.15, 0.2) is 0 Å². The lowest BCUT2D eigenvalue weighted by Crippen LogP contribution is -1.94. The van der Waals surface area contributed by atoms with Crippen molar-refractivity contribution in [3.05, 3.63) is 306 Å². The normalized spacial score (nSPS) is 16.5. The Hall–Kier alpha value is -8.32. The van der Waals surface area contributed by atoms with E-state index in [1.54, 1.807) is 78.0 Å². The molecule has 0 heteroatoms. The Labute approximate surface area is 527 Å². The molecule has 8 aromatic rings. The minimum atomic E-state index is 1.11. The third kappa shape index (κ3) is 10.4. The first kappa shape index (κ1) is 58.7. The minimum Gasteiger partial charge on any atom is -0.0839 e. The molecular formula is C88H88. The van der Waals surface area contributed by atoms with Crippen LogP contribution in [0.1, 0.15) is 196 Å². The third-order valence-electron chi connectivity index (χ3n) is 20.0. The number of fused-ring (bicyclic) bond motifs is 22. The number of benzene rings is 8. The minimum absolute atomic E-state index is 1.11. The highest BCUT2D eigenvalue weighted by Crippen LogP contribution is 2.52. The summed E-state index contributed by atoms with van der Waals surface area (Å²) in [6.45, 7) is 16.0. The second kappa shape index (κ2) is 25.8. The van der Waals surface area contributed by atoms with Crippen LogP contribution in [0.5, 0.6) is 0 Å². The van der Waals surface area contributed by atoms with Crippen molar-refractivity contribution in [3.63, 3.8) is 0 Å². The molecule has 0 amide bonds. The van der Waals surface area contributed by atoms with Crippen LogP contribution in [0.4, 0.5) is 0 Å². The van der Waals surface area contributed by atoms with E-state index in [1.165, 1.54) is 152 Å². The molecule has 12 aliphatic carbocycles. The molecule has 8 aromatic carbocycles. The summed E-state index contributed by atoms with van der Waals surface area (Å²) >= 11 is 0. The van der Waals surface area contributed by atoms with Crippen molar-refractivity contribution in [2.45, 2.75) is 158 Å². The van der Waals surface area contributed by atoms with Crippen LogP contribution in [0.3, 0.4) is 0 Å². The van der Waals surface area contributed by atoms with Gasteiger partial charge in [-0.1, -0.05) is 237 Å². The van der Waals surface area contributed by atoms with E-state index in [1.807, 2.05) is 55.4 Å². The Kier molecular flexibility index (Phi) is 17.2. The van der Waals surface area contributed by atoms with Crippen LogP contribution in [0.2, 0.25) is 0 Å². The lowest BCUT2D eigenvalue weighted by molar-refractivity contribution is 1.04. The van der Waals surface area contributed by atoms with Gasteiger partial charge in [0.05, 0.1) is 0 Å². The van der Waals surface area contributed by atoms with Crippen LogP contribution < -0.4 is 0 Å². The molecule has 0 aliphatic heterocycles. The molecule has 0 bridgehead atoms. The Bertz CT molecular complexity index is 4310. The largest absolute Gasteiger partial charge is 0.0839 e. The van der Waals surface area contributed by atoms with E-state index >= 15 is 0 Å². The Balaban J connectivity index is 0.000000104. The second-order valence-electron chi connectivity index (χ2n) is 24.4. The number of rotatable bonds is 0. The van der Waals surface area contributed by atoms with E-state index in [2.05, 4.69) is 194 Å². The smallest absolute Gasteiger partial charge is 0.000730 e. The molecule has 0 aromatic heterocycles. The Morgan fingerprint density at radius 2 is 0.557 bits per heavy atom. The molecule has 440 valence electrons. The van der Waals surface area contributed by atoms with Crippen molar-refractivity contribution in [2.24, 2.45) is 0 Å². The average molecular weight is 1150 g/mol. The summed E-state index contributed by atoms with van der Waals surface area (Å²) in [5, 5.41) is 0. The van der Waals surface area contributed by atoms with Crippen LogP contribution in [0.25, 0.3) is 66.8 Å². The molecule has 0 atom stereocenters. The van der Waals surface area contributed by atoms with Gasteiger partial charge >= 0.3 is 0 Å². The predicted molar refractivity (Wildman–Crippen MR) is 380 cm³/mol. The van der Waals surface area contributed by atoms with E-state index in [9.17, 15) is 0 Å². The molecule has 88 heavy (non-hydrogen) atoms. The van der Waals surface area contributed by atoms with Gasteiger partial charge in [-0.15, -0.1) is 0 Å². The van der Waals surface area contributed by atoms with Crippen molar-refractivity contribution in [2.75, 3.05) is 0 Å². The highest BCUT2D eigenvalue weighted by atomic mass is 14.4. The van der Waals surface area contributed by atoms with Gasteiger partial charge in [-0.05, 0) is 293 Å². The summed E-state index contributed by atoms with van der Waals surface area (Å²) < 4.78 is 0. The van der Waals surface area contributed by atoms with Gasteiger partial charge in [-0.3, -0.25) is 0 Å². The lowest BCUT2D eigenvalue weighted by Gasteiger charge is -2.14. The van der Waals surface area contributed by atoms with Crippen LogP contribution in [0.15, 0.2) is 216 Å². The quantitative estimate of drug-likeness (QED) is 0.142. The monoisotopic (exact) mass is 1140 g/mol. The van der Waals surface area contributed by atoms with Crippen LogP contribution in [-0.4, -0.2) is 0 Å². The summed E-state index contributed by atoms with van der Waals surface area (Å²) in [5.41, 5.74) is 49.0. The van der Waals surface area contributed by atoms with E-state index in [0.717, 1.165) is 51.4 Å². The summed E-state index contributed by atoms with van der Waals surface area (Å²) in [6.07, 6.45) is 37.4. The molecule has 20 rings (SSSR count). The fourth-order valence-electron chi connectivity index (χ4n) is 16.4. The lowest BCUT2D eigenvalue weighted by atomic mass is 9.90. The molecule has 12 aliphatic rings. The van der Waals surface area contributed by atoms with E-state index in [4.69, 9.17) is 0 Å². The maximum absolute atomic E-state index is 2.48. The van der Waals surface area contributed by atoms with Gasteiger partial charge in [0.2, 0.25) is 0 Å². The molecular weight excluding hydrogens is 1060 g/mol. The van der Waals surface area contributed by atoms with Gasteiger partial charge in [0.25, 0.3) is 0 Å². The number of hydrogen-bond acceptors (Lipinski definition) is 0. The fourth-order valence-corrected chi connectivity index (χ4v) is 16.4. The van der Waals surface area contributed by atoms with Crippen molar-refractivity contribution in [1.82, 2.24) is 0 Å². The SMILES string of the molecule is C1=CC2=C(CC1)c1c(ccc3c1-c1ccccc1C3)C2.C1=CC2=C(CC1)c1c(ccc3c1Cc1ccccc1-3)C2.C1=CC2=C(CC1)c1cc3c(cc1C2)-c1ccccc1C3.C1=CC2=C(CC1)c1cc3c(cc1C2)Cc1ccccc1-3.CC.CC.CC.CC.